The Labute approximate surface area is 142 Å². The predicted molar refractivity (Wildman–Crippen MR) is 87.3 cm³/mol. The molecule has 0 bridgehead atoms. The Balaban J connectivity index is 1.84. The first-order valence-corrected chi connectivity index (χ1v) is 8.37. The molecule has 9 heteroatoms. The van der Waals surface area contributed by atoms with Crippen molar-refractivity contribution in [3.8, 4) is 0 Å². The van der Waals surface area contributed by atoms with E-state index in [9.17, 15) is 20.1 Å². The number of carbonyl (C=O) groups excluding carboxylic acids is 1. The number of aliphatic hydroxyl groups excluding tert-OH is 3. The highest BCUT2D eigenvalue weighted by atomic mass is 32.2. The Morgan fingerprint density at radius 1 is 1.42 bits per heavy atom. The molecule has 0 aliphatic carbocycles. The summed E-state index contributed by atoms with van der Waals surface area (Å²) in [5.74, 6) is -0.340. The van der Waals surface area contributed by atoms with Gasteiger partial charge in [0.25, 0.3) is 0 Å². The lowest BCUT2D eigenvalue weighted by Gasteiger charge is -2.42. The van der Waals surface area contributed by atoms with Crippen LogP contribution in [-0.4, -0.2) is 67.8 Å². The summed E-state index contributed by atoms with van der Waals surface area (Å²) in [4.78, 5) is 12.3. The number of ether oxygens (including phenoxy) is 1. The number of hydrogen-bond donors (Lipinski definition) is 5. The zero-order chi connectivity index (χ0) is 17.3. The molecule has 1 aromatic carbocycles. The zero-order valence-corrected chi connectivity index (χ0v) is 13.7. The summed E-state index contributed by atoms with van der Waals surface area (Å²) >= 11 is 1.30. The van der Waals surface area contributed by atoms with E-state index in [1.165, 1.54) is 18.7 Å². The number of amides is 1. The van der Waals surface area contributed by atoms with Crippen LogP contribution in [0, 0.1) is 0 Å². The minimum absolute atomic E-state index is 0.340. The van der Waals surface area contributed by atoms with Crippen LogP contribution in [0.3, 0.4) is 0 Å². The van der Waals surface area contributed by atoms with Gasteiger partial charge in [-0.2, -0.15) is 5.10 Å². The van der Waals surface area contributed by atoms with Crippen LogP contribution in [0.1, 0.15) is 6.92 Å². The van der Waals surface area contributed by atoms with Crippen LogP contribution in [0.2, 0.25) is 0 Å². The molecule has 0 radical (unpaired) electrons. The summed E-state index contributed by atoms with van der Waals surface area (Å²) in [6, 6.07) is 4.84. The minimum Gasteiger partial charge on any atom is -0.394 e. The summed E-state index contributed by atoms with van der Waals surface area (Å²) in [7, 11) is 0. The summed E-state index contributed by atoms with van der Waals surface area (Å²) in [5, 5.41) is 40.0. The third-order valence-corrected chi connectivity index (χ3v) is 5.08. The highest BCUT2D eigenvalue weighted by Crippen LogP contribution is 2.34. The van der Waals surface area contributed by atoms with Gasteiger partial charge in [-0.3, -0.25) is 9.89 Å². The fourth-order valence-corrected chi connectivity index (χ4v) is 3.88. The second kappa shape index (κ2) is 7.08. The number of carbonyl (C=O) groups is 1. The number of aromatic nitrogens is 2. The molecule has 4 unspecified atom stereocenters. The fraction of sp³-hybridized carbons (Fsp3) is 0.467. The number of rotatable bonds is 4. The average molecular weight is 353 g/mol. The van der Waals surface area contributed by atoms with Crippen molar-refractivity contribution < 1.29 is 24.9 Å². The second-order valence-corrected chi connectivity index (χ2v) is 6.84. The molecule has 0 spiro atoms. The van der Waals surface area contributed by atoms with Gasteiger partial charge in [0, 0.05) is 17.2 Å². The van der Waals surface area contributed by atoms with E-state index in [2.05, 4.69) is 15.5 Å². The third-order valence-electron chi connectivity index (χ3n) is 3.91. The molecule has 1 aromatic heterocycles. The number of nitrogens with zero attached hydrogens (tertiary/aromatic N) is 1. The molecular weight excluding hydrogens is 334 g/mol. The van der Waals surface area contributed by atoms with Crippen LogP contribution in [0.4, 0.5) is 0 Å². The normalized spacial score (nSPS) is 30.4. The molecule has 24 heavy (non-hydrogen) atoms. The molecule has 8 nitrogen and oxygen atoms in total. The smallest absolute Gasteiger partial charge is 0.217 e. The van der Waals surface area contributed by atoms with Gasteiger partial charge < -0.3 is 25.4 Å². The Morgan fingerprint density at radius 2 is 2.21 bits per heavy atom. The number of benzene rings is 1. The van der Waals surface area contributed by atoms with Gasteiger partial charge in [-0.15, -0.1) is 0 Å². The first-order chi connectivity index (χ1) is 11.5. The second-order valence-electron chi connectivity index (χ2n) is 5.67. The zero-order valence-electron chi connectivity index (χ0n) is 12.9. The van der Waals surface area contributed by atoms with Crippen LogP contribution in [0.5, 0.6) is 0 Å². The molecule has 2 heterocycles. The van der Waals surface area contributed by atoms with Gasteiger partial charge in [-0.05, 0) is 18.2 Å². The maximum absolute atomic E-state index is 11.4. The number of fused-ring (bicyclic) bond motifs is 1. The van der Waals surface area contributed by atoms with Gasteiger partial charge in [0.15, 0.2) is 0 Å². The summed E-state index contributed by atoms with van der Waals surface area (Å²) in [6.45, 7) is 0.902. The SMILES string of the molecule is CC(=O)N[C@@H]1C(Sc2ccc3[nH]ncc3c2)OC(CO)C(O)C1O. The van der Waals surface area contributed by atoms with Gasteiger partial charge in [-0.25, -0.2) is 0 Å². The van der Waals surface area contributed by atoms with Gasteiger partial charge in [0.2, 0.25) is 5.91 Å². The van der Waals surface area contributed by atoms with Gasteiger partial charge in [0.1, 0.15) is 23.7 Å². The Kier molecular flexibility index (Phi) is 5.07. The third kappa shape index (κ3) is 3.40. The van der Waals surface area contributed by atoms with Crippen molar-refractivity contribution in [3.05, 3.63) is 24.4 Å². The molecule has 1 aliphatic rings. The van der Waals surface area contributed by atoms with Crippen LogP contribution >= 0.6 is 11.8 Å². The van der Waals surface area contributed by atoms with Crippen molar-refractivity contribution in [3.63, 3.8) is 0 Å². The molecule has 1 saturated heterocycles. The van der Waals surface area contributed by atoms with Crippen molar-refractivity contribution in [2.24, 2.45) is 0 Å². The van der Waals surface area contributed by atoms with E-state index in [0.717, 1.165) is 15.8 Å². The van der Waals surface area contributed by atoms with Crippen molar-refractivity contribution in [2.75, 3.05) is 6.61 Å². The van der Waals surface area contributed by atoms with Crippen molar-refractivity contribution in [1.82, 2.24) is 15.5 Å². The van der Waals surface area contributed by atoms with E-state index in [1.807, 2.05) is 18.2 Å². The molecule has 2 aromatic rings. The topological polar surface area (TPSA) is 128 Å². The monoisotopic (exact) mass is 353 g/mol. The predicted octanol–water partition coefficient (Wildman–Crippen LogP) is -0.401. The van der Waals surface area contributed by atoms with E-state index >= 15 is 0 Å². The molecule has 5 N–H and O–H groups in total. The quantitative estimate of drug-likeness (QED) is 0.506. The molecule has 0 saturated carbocycles. The van der Waals surface area contributed by atoms with E-state index in [-0.39, 0.29) is 5.91 Å². The molecule has 1 fully saturated rings. The lowest BCUT2D eigenvalue weighted by Crippen LogP contribution is -2.63. The number of aliphatic hydroxyl groups is 3. The summed E-state index contributed by atoms with van der Waals surface area (Å²) in [5.41, 5.74) is 0.236. The van der Waals surface area contributed by atoms with Crippen LogP contribution in [-0.2, 0) is 9.53 Å². The molecule has 1 amide bonds. The van der Waals surface area contributed by atoms with Crippen molar-refractivity contribution in [2.45, 2.75) is 41.6 Å². The van der Waals surface area contributed by atoms with Crippen molar-refractivity contribution >= 4 is 28.6 Å². The first kappa shape index (κ1) is 17.2. The van der Waals surface area contributed by atoms with Crippen LogP contribution in [0.15, 0.2) is 29.3 Å². The Bertz CT molecular complexity index is 724. The molecular formula is C15H19N3O5S. The maximum Gasteiger partial charge on any atom is 0.217 e. The van der Waals surface area contributed by atoms with E-state index in [0.29, 0.717) is 0 Å². The molecule has 130 valence electrons. The van der Waals surface area contributed by atoms with Gasteiger partial charge in [0.05, 0.1) is 24.4 Å². The lowest BCUT2D eigenvalue weighted by molar-refractivity contribution is -0.173. The van der Waals surface area contributed by atoms with E-state index in [1.54, 1.807) is 6.20 Å². The van der Waals surface area contributed by atoms with Crippen LogP contribution < -0.4 is 5.32 Å². The molecule has 5 atom stereocenters. The number of thioether (sulfide) groups is 1. The fourth-order valence-electron chi connectivity index (χ4n) is 2.70. The Morgan fingerprint density at radius 3 is 2.92 bits per heavy atom. The lowest BCUT2D eigenvalue weighted by atomic mass is 9.98. The number of nitrogens with one attached hydrogen (secondary N) is 2. The number of hydrogen-bond acceptors (Lipinski definition) is 7. The molecule has 3 rings (SSSR count). The average Bonchev–Trinajstić information content (AvgIpc) is 3.01. The van der Waals surface area contributed by atoms with Crippen molar-refractivity contribution in [1.29, 1.82) is 0 Å². The van der Waals surface area contributed by atoms with E-state index in [4.69, 9.17) is 4.74 Å². The largest absolute Gasteiger partial charge is 0.394 e. The maximum atomic E-state index is 11.4. The summed E-state index contributed by atoms with van der Waals surface area (Å²) in [6.07, 6.45) is -1.74. The first-order valence-electron chi connectivity index (χ1n) is 7.49. The molecule has 1 aliphatic heterocycles. The van der Waals surface area contributed by atoms with Gasteiger partial charge >= 0.3 is 0 Å². The standard InChI is InChI=1S/C15H19N3O5S/c1-7(20)17-12-14(22)13(21)11(6-19)23-15(12)24-9-2-3-10-8(4-9)5-16-18-10/h2-5,11-15,19,21-22H,6H2,1H3,(H,16,18)(H,17,20)/t11?,12-,13?,14?,15?/m0/s1. The Hall–Kier alpha value is -1.65. The highest BCUT2D eigenvalue weighted by Gasteiger charge is 2.45. The van der Waals surface area contributed by atoms with Crippen LogP contribution in [0.25, 0.3) is 10.9 Å². The minimum atomic E-state index is -1.28. The van der Waals surface area contributed by atoms with E-state index < -0.39 is 36.4 Å². The highest BCUT2D eigenvalue weighted by molar-refractivity contribution is 7.99. The van der Waals surface area contributed by atoms with Gasteiger partial charge in [-0.1, -0.05) is 11.8 Å². The summed E-state index contributed by atoms with van der Waals surface area (Å²) < 4.78 is 5.69. The number of H-pyrrole nitrogens is 1. The number of aromatic amines is 1.